The maximum atomic E-state index is 3.38. The number of nitrogens with one attached hydrogen (secondary N) is 1. The summed E-state index contributed by atoms with van der Waals surface area (Å²) in [5.41, 5.74) is 4.74. The van der Waals surface area contributed by atoms with Gasteiger partial charge < -0.3 is 5.32 Å². The Morgan fingerprint density at radius 1 is 1.37 bits per heavy atom. The predicted octanol–water partition coefficient (Wildman–Crippen LogP) is 4.44. The summed E-state index contributed by atoms with van der Waals surface area (Å²) in [5.74, 6) is 0.750. The maximum Gasteiger partial charge on any atom is -0.00143 e. The highest BCUT2D eigenvalue weighted by atomic mass is 14.8. The molecule has 1 atom stereocenters. The summed E-state index contributed by atoms with van der Waals surface area (Å²) in [6.07, 6.45) is 8.80. The number of hydrogen-bond acceptors (Lipinski definition) is 1. The molecule has 1 aromatic carbocycles. The average Bonchev–Trinajstić information content (AvgIpc) is 2.44. The largest absolute Gasteiger partial charge is 0.317 e. The molecule has 1 aliphatic carbocycles. The third kappa shape index (κ3) is 4.21. The molecule has 0 saturated heterocycles. The first kappa shape index (κ1) is 14.3. The van der Waals surface area contributed by atoms with Gasteiger partial charge in [-0.1, -0.05) is 42.8 Å². The Balaban J connectivity index is 1.93. The van der Waals surface area contributed by atoms with Crippen LogP contribution in [0.5, 0.6) is 0 Å². The second kappa shape index (κ2) is 7.49. The minimum absolute atomic E-state index is 0.750. The van der Waals surface area contributed by atoms with E-state index < -0.39 is 0 Å². The molecule has 0 radical (unpaired) electrons. The van der Waals surface area contributed by atoms with Gasteiger partial charge in [-0.3, -0.25) is 0 Å². The third-order valence-corrected chi connectivity index (χ3v) is 4.13. The minimum Gasteiger partial charge on any atom is -0.317 e. The molecule has 1 heteroatoms. The molecule has 1 unspecified atom stereocenters. The monoisotopic (exact) mass is 257 g/mol. The van der Waals surface area contributed by atoms with Crippen LogP contribution in [0.4, 0.5) is 0 Å². The summed E-state index contributed by atoms with van der Waals surface area (Å²) in [4.78, 5) is 0. The van der Waals surface area contributed by atoms with Crippen molar-refractivity contribution < 1.29 is 0 Å². The molecule has 0 aromatic heterocycles. The van der Waals surface area contributed by atoms with Gasteiger partial charge in [-0.15, -0.1) is 0 Å². The Labute approximate surface area is 118 Å². The molecule has 0 fully saturated rings. The van der Waals surface area contributed by atoms with Gasteiger partial charge in [0.25, 0.3) is 0 Å². The molecule has 0 aliphatic heterocycles. The van der Waals surface area contributed by atoms with Crippen LogP contribution in [-0.2, 0) is 6.42 Å². The Morgan fingerprint density at radius 2 is 2.21 bits per heavy atom. The SMILES string of the molecule is CCNCCC=C(C)CC1CCCc2ccccc21. The molecule has 0 amide bonds. The fraction of sp³-hybridized carbons (Fsp3) is 0.556. The first-order valence-corrected chi connectivity index (χ1v) is 7.75. The number of hydrogen-bond donors (Lipinski definition) is 1. The first-order chi connectivity index (χ1) is 9.31. The molecule has 1 nitrogen and oxygen atoms in total. The Hall–Kier alpha value is -1.08. The number of benzene rings is 1. The van der Waals surface area contributed by atoms with E-state index in [1.165, 1.54) is 25.7 Å². The lowest BCUT2D eigenvalue weighted by atomic mass is 9.79. The zero-order valence-corrected chi connectivity index (χ0v) is 12.4. The highest BCUT2D eigenvalue weighted by molar-refractivity contribution is 5.33. The van der Waals surface area contributed by atoms with Gasteiger partial charge in [0.1, 0.15) is 0 Å². The van der Waals surface area contributed by atoms with Gasteiger partial charge >= 0.3 is 0 Å². The van der Waals surface area contributed by atoms with Gasteiger partial charge in [0.05, 0.1) is 0 Å². The fourth-order valence-electron chi connectivity index (χ4n) is 3.14. The Kier molecular flexibility index (Phi) is 5.65. The van der Waals surface area contributed by atoms with Crippen molar-refractivity contribution in [1.29, 1.82) is 0 Å². The number of rotatable bonds is 6. The van der Waals surface area contributed by atoms with Crippen molar-refractivity contribution in [2.24, 2.45) is 0 Å². The van der Waals surface area contributed by atoms with E-state index in [9.17, 15) is 0 Å². The zero-order valence-electron chi connectivity index (χ0n) is 12.4. The van der Waals surface area contributed by atoms with Gasteiger partial charge in [-0.05, 0) is 69.2 Å². The average molecular weight is 257 g/mol. The van der Waals surface area contributed by atoms with Crippen molar-refractivity contribution in [3.05, 3.63) is 47.0 Å². The second-order valence-corrected chi connectivity index (χ2v) is 5.68. The lowest BCUT2D eigenvalue weighted by Crippen LogP contribution is -2.13. The van der Waals surface area contributed by atoms with Crippen LogP contribution in [-0.4, -0.2) is 13.1 Å². The second-order valence-electron chi connectivity index (χ2n) is 5.68. The maximum absolute atomic E-state index is 3.38. The topological polar surface area (TPSA) is 12.0 Å². The molecule has 0 spiro atoms. The highest BCUT2D eigenvalue weighted by Gasteiger charge is 2.19. The fourth-order valence-corrected chi connectivity index (χ4v) is 3.14. The van der Waals surface area contributed by atoms with Gasteiger partial charge in [0.15, 0.2) is 0 Å². The van der Waals surface area contributed by atoms with Crippen LogP contribution in [0.1, 0.15) is 56.6 Å². The van der Waals surface area contributed by atoms with E-state index in [-0.39, 0.29) is 0 Å². The summed E-state index contributed by atoms with van der Waals surface area (Å²) < 4.78 is 0. The molecular weight excluding hydrogens is 230 g/mol. The quantitative estimate of drug-likeness (QED) is 0.587. The van der Waals surface area contributed by atoms with E-state index in [0.717, 1.165) is 25.4 Å². The lowest BCUT2D eigenvalue weighted by molar-refractivity contribution is 0.547. The van der Waals surface area contributed by atoms with Crippen LogP contribution >= 0.6 is 0 Å². The van der Waals surface area contributed by atoms with Crippen molar-refractivity contribution in [2.75, 3.05) is 13.1 Å². The van der Waals surface area contributed by atoms with Crippen LogP contribution in [0, 0.1) is 0 Å². The Bertz CT molecular complexity index is 419. The van der Waals surface area contributed by atoms with Gasteiger partial charge in [-0.25, -0.2) is 0 Å². The summed E-state index contributed by atoms with van der Waals surface area (Å²) >= 11 is 0. The highest BCUT2D eigenvalue weighted by Crippen LogP contribution is 2.35. The number of allylic oxidation sites excluding steroid dienone is 1. The first-order valence-electron chi connectivity index (χ1n) is 7.75. The molecule has 19 heavy (non-hydrogen) atoms. The van der Waals surface area contributed by atoms with Crippen LogP contribution in [0.25, 0.3) is 0 Å². The van der Waals surface area contributed by atoms with Crippen LogP contribution < -0.4 is 5.32 Å². The standard InChI is InChI=1S/C18H27N/c1-3-19-13-7-8-15(2)14-17-11-6-10-16-9-4-5-12-18(16)17/h4-5,8-9,12,17,19H,3,6-7,10-11,13-14H2,1-2H3. The molecule has 0 saturated carbocycles. The number of aryl methyl sites for hydroxylation is 1. The summed E-state index contributed by atoms with van der Waals surface area (Å²) in [7, 11) is 0. The normalized spacial score (nSPS) is 19.3. The van der Waals surface area contributed by atoms with E-state index in [0.29, 0.717) is 0 Å². The smallest absolute Gasteiger partial charge is 0.00143 e. The van der Waals surface area contributed by atoms with E-state index in [1.54, 1.807) is 16.7 Å². The molecule has 104 valence electrons. The van der Waals surface area contributed by atoms with Gasteiger partial charge in [0.2, 0.25) is 0 Å². The third-order valence-electron chi connectivity index (χ3n) is 4.13. The summed E-state index contributed by atoms with van der Waals surface area (Å²) in [6.45, 7) is 6.64. The van der Waals surface area contributed by atoms with Crippen LogP contribution in [0.2, 0.25) is 0 Å². The minimum atomic E-state index is 0.750. The summed E-state index contributed by atoms with van der Waals surface area (Å²) in [5, 5.41) is 3.38. The van der Waals surface area contributed by atoms with Gasteiger partial charge in [0, 0.05) is 0 Å². The van der Waals surface area contributed by atoms with Crippen molar-refractivity contribution >= 4 is 0 Å². The zero-order chi connectivity index (χ0) is 13.5. The van der Waals surface area contributed by atoms with Crippen molar-refractivity contribution in [2.45, 2.75) is 51.9 Å². The molecule has 0 heterocycles. The predicted molar refractivity (Wildman–Crippen MR) is 83.7 cm³/mol. The Morgan fingerprint density at radius 3 is 3.05 bits per heavy atom. The van der Waals surface area contributed by atoms with Crippen molar-refractivity contribution in [3.63, 3.8) is 0 Å². The van der Waals surface area contributed by atoms with E-state index in [2.05, 4.69) is 49.5 Å². The lowest BCUT2D eigenvalue weighted by Gasteiger charge is -2.25. The molecule has 2 rings (SSSR count). The summed E-state index contributed by atoms with van der Waals surface area (Å²) in [6, 6.07) is 9.03. The van der Waals surface area contributed by atoms with E-state index in [1.807, 2.05) is 0 Å². The molecule has 1 N–H and O–H groups in total. The molecule has 1 aliphatic rings. The number of fused-ring (bicyclic) bond motifs is 1. The van der Waals surface area contributed by atoms with Crippen molar-refractivity contribution in [1.82, 2.24) is 5.32 Å². The molecular formula is C18H27N. The molecule has 0 bridgehead atoms. The van der Waals surface area contributed by atoms with Crippen molar-refractivity contribution in [3.8, 4) is 0 Å². The van der Waals surface area contributed by atoms with E-state index in [4.69, 9.17) is 0 Å². The van der Waals surface area contributed by atoms with Gasteiger partial charge in [-0.2, -0.15) is 0 Å². The van der Waals surface area contributed by atoms with Crippen LogP contribution in [0.3, 0.4) is 0 Å². The molecule has 1 aromatic rings. The van der Waals surface area contributed by atoms with E-state index >= 15 is 0 Å². The van der Waals surface area contributed by atoms with Crippen LogP contribution in [0.15, 0.2) is 35.9 Å².